The van der Waals surface area contributed by atoms with E-state index in [1.54, 1.807) is 24.1 Å². The Morgan fingerprint density at radius 2 is 1.92 bits per heavy atom. The number of aryl methyl sites for hydroxylation is 1. The quantitative estimate of drug-likeness (QED) is 0.353. The number of nitrogens with one attached hydrogen (secondary N) is 1. The molecule has 37 heavy (non-hydrogen) atoms. The SMILES string of the molecule is COc1ccc(CN(C(=O)Cn2nnc(-c3ccc(C)o3)n2)[C@@H](C(=O)NC(C)(C)C)c2cccs2)cc1. The molecule has 0 radical (unpaired) electrons. The lowest BCUT2D eigenvalue weighted by Crippen LogP contribution is -2.49. The van der Waals surface area contributed by atoms with Crippen LogP contribution in [0.4, 0.5) is 0 Å². The fraction of sp³-hybridized carbons (Fsp3) is 0.346. The summed E-state index contributed by atoms with van der Waals surface area (Å²) in [7, 11) is 1.60. The van der Waals surface area contributed by atoms with Crippen molar-refractivity contribution in [2.45, 2.75) is 52.4 Å². The number of tetrazole rings is 1. The zero-order valence-electron chi connectivity index (χ0n) is 21.5. The van der Waals surface area contributed by atoms with E-state index in [0.717, 1.165) is 16.2 Å². The summed E-state index contributed by atoms with van der Waals surface area (Å²) in [4.78, 5) is 30.8. The maximum atomic E-state index is 13.8. The van der Waals surface area contributed by atoms with Crippen LogP contribution in [-0.2, 0) is 22.7 Å². The lowest BCUT2D eigenvalue weighted by atomic mass is 10.1. The van der Waals surface area contributed by atoms with Gasteiger partial charge < -0.3 is 19.4 Å². The largest absolute Gasteiger partial charge is 0.497 e. The van der Waals surface area contributed by atoms with Gasteiger partial charge in [0.15, 0.2) is 5.76 Å². The number of aromatic nitrogens is 4. The van der Waals surface area contributed by atoms with Gasteiger partial charge in [-0.3, -0.25) is 9.59 Å². The highest BCUT2D eigenvalue weighted by Gasteiger charge is 2.34. The van der Waals surface area contributed by atoms with E-state index in [0.29, 0.717) is 11.5 Å². The number of furan rings is 1. The van der Waals surface area contributed by atoms with E-state index in [1.165, 1.54) is 16.1 Å². The van der Waals surface area contributed by atoms with E-state index in [4.69, 9.17) is 9.15 Å². The molecule has 0 saturated carbocycles. The first-order chi connectivity index (χ1) is 17.6. The smallest absolute Gasteiger partial charge is 0.248 e. The molecule has 0 aliphatic rings. The molecule has 194 valence electrons. The van der Waals surface area contributed by atoms with Crippen molar-refractivity contribution in [1.29, 1.82) is 0 Å². The number of hydrogen-bond donors (Lipinski definition) is 1. The van der Waals surface area contributed by atoms with Crippen molar-refractivity contribution >= 4 is 23.2 Å². The van der Waals surface area contributed by atoms with Gasteiger partial charge in [0.25, 0.3) is 0 Å². The predicted octanol–water partition coefficient (Wildman–Crippen LogP) is 4.00. The van der Waals surface area contributed by atoms with Crippen LogP contribution < -0.4 is 10.1 Å². The van der Waals surface area contributed by atoms with Gasteiger partial charge in [0, 0.05) is 17.0 Å². The van der Waals surface area contributed by atoms with E-state index >= 15 is 0 Å². The second-order valence-corrected chi connectivity index (χ2v) is 10.6. The summed E-state index contributed by atoms with van der Waals surface area (Å²) in [5, 5.41) is 17.3. The molecule has 0 fully saturated rings. The summed E-state index contributed by atoms with van der Waals surface area (Å²) < 4.78 is 10.8. The first kappa shape index (κ1) is 26.1. The standard InChI is InChI=1S/C26H30N6O4S/c1-17-8-13-20(36-17)24-28-30-32(29-24)16-22(33)31(15-18-9-11-19(35-5)12-10-18)23(21-7-6-14-37-21)25(34)27-26(2,3)4/h6-14,23H,15-16H2,1-5H3,(H,27,34)/t23-/m1/s1. The molecule has 4 rings (SSSR count). The van der Waals surface area contributed by atoms with Gasteiger partial charge >= 0.3 is 0 Å². The maximum absolute atomic E-state index is 13.8. The summed E-state index contributed by atoms with van der Waals surface area (Å²) in [5.41, 5.74) is 0.364. The first-order valence-corrected chi connectivity index (χ1v) is 12.6. The number of rotatable bonds is 9. The van der Waals surface area contributed by atoms with Gasteiger partial charge in [0.2, 0.25) is 17.6 Å². The molecule has 1 N–H and O–H groups in total. The van der Waals surface area contributed by atoms with Gasteiger partial charge in [0.1, 0.15) is 24.1 Å². The minimum atomic E-state index is -0.843. The highest BCUT2D eigenvalue weighted by molar-refractivity contribution is 7.10. The number of nitrogens with zero attached hydrogens (tertiary/aromatic N) is 5. The topological polar surface area (TPSA) is 115 Å². The Hall–Kier alpha value is -3.99. The van der Waals surface area contributed by atoms with Crippen molar-refractivity contribution in [3.63, 3.8) is 0 Å². The number of benzene rings is 1. The molecule has 2 amide bonds. The monoisotopic (exact) mass is 522 g/mol. The number of methoxy groups -OCH3 is 1. The van der Waals surface area contributed by atoms with Crippen LogP contribution in [0.15, 0.2) is 58.3 Å². The van der Waals surface area contributed by atoms with Gasteiger partial charge in [0.05, 0.1) is 7.11 Å². The van der Waals surface area contributed by atoms with Gasteiger partial charge in [-0.05, 0) is 74.2 Å². The molecule has 0 unspecified atom stereocenters. The van der Waals surface area contributed by atoms with Crippen LogP contribution in [-0.4, -0.2) is 49.6 Å². The molecular weight excluding hydrogens is 492 g/mol. The van der Waals surface area contributed by atoms with Gasteiger partial charge in [-0.25, -0.2) is 0 Å². The molecule has 4 aromatic rings. The highest BCUT2D eigenvalue weighted by Crippen LogP contribution is 2.29. The maximum Gasteiger partial charge on any atom is 0.248 e. The van der Waals surface area contributed by atoms with E-state index in [9.17, 15) is 9.59 Å². The Morgan fingerprint density at radius 1 is 1.16 bits per heavy atom. The minimum Gasteiger partial charge on any atom is -0.497 e. The fourth-order valence-corrected chi connectivity index (χ4v) is 4.57. The molecule has 0 aliphatic heterocycles. The number of carbonyl (C=O) groups excluding carboxylic acids is 2. The van der Waals surface area contributed by atoms with Crippen molar-refractivity contribution in [1.82, 2.24) is 30.4 Å². The number of ether oxygens (including phenoxy) is 1. The summed E-state index contributed by atoms with van der Waals surface area (Å²) in [5.74, 6) is 1.56. The Bertz CT molecular complexity index is 1340. The van der Waals surface area contributed by atoms with Crippen LogP contribution >= 0.6 is 11.3 Å². The summed E-state index contributed by atoms with van der Waals surface area (Å²) in [6, 6.07) is 13.8. The second kappa shape index (κ2) is 11.0. The molecule has 0 spiro atoms. The van der Waals surface area contributed by atoms with Gasteiger partial charge in [-0.1, -0.05) is 18.2 Å². The van der Waals surface area contributed by atoms with Crippen molar-refractivity contribution in [3.05, 3.63) is 70.1 Å². The summed E-state index contributed by atoms with van der Waals surface area (Å²) in [6.07, 6.45) is 0. The normalized spacial score (nSPS) is 12.2. The average Bonchev–Trinajstić information content (AvgIpc) is 3.60. The fourth-order valence-electron chi connectivity index (χ4n) is 3.74. The van der Waals surface area contributed by atoms with Crippen molar-refractivity contribution in [2.75, 3.05) is 7.11 Å². The van der Waals surface area contributed by atoms with Crippen LogP contribution in [0.25, 0.3) is 11.6 Å². The van der Waals surface area contributed by atoms with Crippen LogP contribution in [0.5, 0.6) is 5.75 Å². The molecular formula is C26H30N6O4S. The third-order valence-electron chi connectivity index (χ3n) is 5.39. The molecule has 3 aromatic heterocycles. The molecule has 1 atom stereocenters. The van der Waals surface area contributed by atoms with Crippen LogP contribution in [0.1, 0.15) is 43.0 Å². The lowest BCUT2D eigenvalue weighted by molar-refractivity contribution is -0.143. The molecule has 0 bridgehead atoms. The number of amides is 2. The number of carbonyl (C=O) groups is 2. The van der Waals surface area contributed by atoms with Crippen LogP contribution in [0.3, 0.4) is 0 Å². The van der Waals surface area contributed by atoms with Crippen LogP contribution in [0, 0.1) is 6.92 Å². The predicted molar refractivity (Wildman–Crippen MR) is 139 cm³/mol. The molecule has 0 saturated heterocycles. The zero-order chi connectivity index (χ0) is 26.6. The van der Waals surface area contributed by atoms with Crippen molar-refractivity contribution in [3.8, 4) is 17.3 Å². The van der Waals surface area contributed by atoms with E-state index < -0.39 is 11.6 Å². The second-order valence-electron chi connectivity index (χ2n) is 9.58. The Kier molecular flexibility index (Phi) is 7.72. The zero-order valence-corrected chi connectivity index (χ0v) is 22.3. The molecule has 0 aliphatic carbocycles. The third kappa shape index (κ3) is 6.62. The molecule has 1 aromatic carbocycles. The van der Waals surface area contributed by atoms with Gasteiger partial charge in [-0.2, -0.15) is 4.80 Å². The lowest BCUT2D eigenvalue weighted by Gasteiger charge is -2.33. The molecule has 10 nitrogen and oxygen atoms in total. The molecule has 11 heteroatoms. The Balaban J connectivity index is 1.66. The number of hydrogen-bond acceptors (Lipinski definition) is 8. The third-order valence-corrected chi connectivity index (χ3v) is 6.32. The van der Waals surface area contributed by atoms with Crippen LogP contribution in [0.2, 0.25) is 0 Å². The molecule has 3 heterocycles. The average molecular weight is 523 g/mol. The first-order valence-electron chi connectivity index (χ1n) is 11.8. The van der Waals surface area contributed by atoms with E-state index in [1.807, 2.05) is 69.5 Å². The summed E-state index contributed by atoms with van der Waals surface area (Å²) >= 11 is 1.42. The Morgan fingerprint density at radius 3 is 2.51 bits per heavy atom. The van der Waals surface area contributed by atoms with Crippen molar-refractivity contribution in [2.24, 2.45) is 0 Å². The Labute approximate surface area is 219 Å². The summed E-state index contributed by atoms with van der Waals surface area (Å²) in [6.45, 7) is 7.53. The van der Waals surface area contributed by atoms with Crippen molar-refractivity contribution < 1.29 is 18.7 Å². The number of thiophene rings is 1. The minimum absolute atomic E-state index is 0.196. The van der Waals surface area contributed by atoms with E-state index in [2.05, 4.69) is 20.7 Å². The highest BCUT2D eigenvalue weighted by atomic mass is 32.1. The van der Waals surface area contributed by atoms with E-state index in [-0.39, 0.29) is 30.7 Å². The van der Waals surface area contributed by atoms with Gasteiger partial charge in [-0.15, -0.1) is 21.5 Å².